The van der Waals surface area contributed by atoms with Crippen molar-refractivity contribution in [3.63, 3.8) is 0 Å². The van der Waals surface area contributed by atoms with Gasteiger partial charge in [-0.25, -0.2) is 8.42 Å². The third-order valence-electron chi connectivity index (χ3n) is 5.49. The van der Waals surface area contributed by atoms with Gasteiger partial charge >= 0.3 is 0 Å². The molecule has 5 rings (SSSR count). The van der Waals surface area contributed by atoms with Crippen LogP contribution in [0.2, 0.25) is 0 Å². The Hall–Kier alpha value is -3.13. The molecule has 8 heteroatoms. The van der Waals surface area contributed by atoms with Crippen molar-refractivity contribution in [3.8, 4) is 0 Å². The Bertz CT molecular complexity index is 1160. The average molecular weight is 408 g/mol. The van der Waals surface area contributed by atoms with E-state index in [0.717, 1.165) is 17.8 Å². The number of benzene rings is 1. The maximum Gasteiger partial charge on any atom is 0.256 e. The Kier molecular flexibility index (Phi) is 4.16. The van der Waals surface area contributed by atoms with Gasteiger partial charge in [0.25, 0.3) is 15.9 Å². The molecule has 0 spiro atoms. The van der Waals surface area contributed by atoms with Gasteiger partial charge in [-0.1, -0.05) is 30.3 Å². The van der Waals surface area contributed by atoms with Gasteiger partial charge in [0.05, 0.1) is 17.4 Å². The van der Waals surface area contributed by atoms with Crippen LogP contribution in [0, 0.1) is 0 Å². The number of amides is 1. The fourth-order valence-corrected chi connectivity index (χ4v) is 5.05. The van der Waals surface area contributed by atoms with Crippen molar-refractivity contribution in [3.05, 3.63) is 83.8 Å². The fraction of sp³-hybridized carbons (Fsp3) is 0.238. The Morgan fingerprint density at radius 2 is 1.83 bits per heavy atom. The van der Waals surface area contributed by atoms with E-state index in [1.54, 1.807) is 23.3 Å². The lowest BCUT2D eigenvalue weighted by molar-refractivity contribution is -0.129. The van der Waals surface area contributed by atoms with Gasteiger partial charge < -0.3 is 14.4 Å². The van der Waals surface area contributed by atoms with E-state index in [0.29, 0.717) is 24.5 Å². The first-order chi connectivity index (χ1) is 14.0. The molecule has 148 valence electrons. The molecular formula is C21H20N4O3S. The number of fused-ring (bicyclic) bond motifs is 2. The molecule has 0 N–H and O–H groups in total. The quantitative estimate of drug-likeness (QED) is 0.761. The summed E-state index contributed by atoms with van der Waals surface area (Å²) in [4.78, 5) is 17.1. The predicted molar refractivity (Wildman–Crippen MR) is 110 cm³/mol. The van der Waals surface area contributed by atoms with Crippen molar-refractivity contribution < 1.29 is 13.2 Å². The summed E-state index contributed by atoms with van der Waals surface area (Å²) in [5.74, 6) is 0.238. The summed E-state index contributed by atoms with van der Waals surface area (Å²) < 4.78 is 29.4. The maximum atomic E-state index is 13.5. The third-order valence-corrected chi connectivity index (χ3v) is 6.65. The van der Waals surface area contributed by atoms with E-state index >= 15 is 0 Å². The van der Waals surface area contributed by atoms with Gasteiger partial charge in [0.1, 0.15) is 5.84 Å². The molecule has 3 aliphatic rings. The highest BCUT2D eigenvalue weighted by Gasteiger charge is 2.34. The van der Waals surface area contributed by atoms with E-state index in [9.17, 15) is 13.2 Å². The number of hydrogen-bond donors (Lipinski definition) is 0. The maximum absolute atomic E-state index is 13.5. The van der Waals surface area contributed by atoms with Gasteiger partial charge in [-0.3, -0.25) is 4.79 Å². The monoisotopic (exact) mass is 408 g/mol. The van der Waals surface area contributed by atoms with Crippen molar-refractivity contribution in [2.75, 3.05) is 18.8 Å². The van der Waals surface area contributed by atoms with Crippen LogP contribution in [0.1, 0.15) is 17.3 Å². The van der Waals surface area contributed by atoms with Crippen LogP contribution < -0.4 is 0 Å². The van der Waals surface area contributed by atoms with E-state index < -0.39 is 10.0 Å². The van der Waals surface area contributed by atoms with E-state index in [1.165, 1.54) is 0 Å². The second-order valence-electron chi connectivity index (χ2n) is 7.28. The fourth-order valence-electron chi connectivity index (χ4n) is 4.08. The Morgan fingerprint density at radius 1 is 1.00 bits per heavy atom. The first-order valence-electron chi connectivity index (χ1n) is 9.52. The molecule has 1 amide bonds. The summed E-state index contributed by atoms with van der Waals surface area (Å²) in [6, 6.07) is 13.9. The molecular weight excluding hydrogens is 388 g/mol. The lowest BCUT2D eigenvalue weighted by Crippen LogP contribution is -2.44. The highest BCUT2D eigenvalue weighted by atomic mass is 32.2. The minimum Gasteiger partial charge on any atom is -0.348 e. The standard InChI is InChI=1S/C21H20N4O3S/c26-21(17-8-9-19-22-29(27,28)14-13-24(19)15-17)25-12-11-23-10-4-7-18(23)20(25)16-5-2-1-3-6-16/h1-10,15,20H,11-14H2. The second kappa shape index (κ2) is 6.73. The first kappa shape index (κ1) is 17.9. The summed E-state index contributed by atoms with van der Waals surface area (Å²) in [6.45, 7) is 1.64. The first-order valence-corrected chi connectivity index (χ1v) is 11.1. The lowest BCUT2D eigenvalue weighted by atomic mass is 9.98. The minimum atomic E-state index is -3.42. The summed E-state index contributed by atoms with van der Waals surface area (Å²) in [5.41, 5.74) is 2.68. The van der Waals surface area contributed by atoms with Crippen LogP contribution in [0.15, 0.2) is 77.0 Å². The largest absolute Gasteiger partial charge is 0.348 e. The van der Waals surface area contributed by atoms with Crippen molar-refractivity contribution in [2.24, 2.45) is 4.40 Å². The average Bonchev–Trinajstić information content (AvgIpc) is 3.21. The van der Waals surface area contributed by atoms with E-state index in [4.69, 9.17) is 0 Å². The molecule has 0 saturated heterocycles. The minimum absolute atomic E-state index is 0.0494. The van der Waals surface area contributed by atoms with Crippen LogP contribution in [0.4, 0.5) is 0 Å². The summed E-state index contributed by atoms with van der Waals surface area (Å²) in [6.07, 6.45) is 7.03. The summed E-state index contributed by atoms with van der Waals surface area (Å²) >= 11 is 0. The van der Waals surface area contributed by atoms with Crippen molar-refractivity contribution >= 4 is 21.8 Å². The van der Waals surface area contributed by atoms with E-state index in [1.807, 2.05) is 47.5 Å². The lowest BCUT2D eigenvalue weighted by Gasteiger charge is -2.38. The highest BCUT2D eigenvalue weighted by Crippen LogP contribution is 2.33. The van der Waals surface area contributed by atoms with Crippen LogP contribution in [0.25, 0.3) is 0 Å². The van der Waals surface area contributed by atoms with Gasteiger partial charge in [0.2, 0.25) is 0 Å². The van der Waals surface area contributed by atoms with Crippen LogP contribution in [-0.2, 0) is 21.4 Å². The molecule has 1 aromatic heterocycles. The number of hydrogen-bond acceptors (Lipinski definition) is 4. The van der Waals surface area contributed by atoms with Gasteiger partial charge in [0, 0.05) is 37.7 Å². The Morgan fingerprint density at radius 3 is 2.66 bits per heavy atom. The molecule has 1 atom stereocenters. The zero-order valence-electron chi connectivity index (χ0n) is 15.7. The Labute approximate surface area is 169 Å². The molecule has 2 aromatic rings. The Balaban J connectivity index is 1.50. The molecule has 0 radical (unpaired) electrons. The van der Waals surface area contributed by atoms with Gasteiger partial charge in [-0.2, -0.15) is 0 Å². The van der Waals surface area contributed by atoms with Crippen LogP contribution in [0.5, 0.6) is 0 Å². The van der Waals surface area contributed by atoms with Gasteiger partial charge in [-0.15, -0.1) is 4.40 Å². The molecule has 0 saturated carbocycles. The third kappa shape index (κ3) is 3.19. The SMILES string of the molecule is O=C(C1=CN2CCS(=O)(=O)N=C2C=C1)N1CCn2cccc2C1c1ccccc1. The van der Waals surface area contributed by atoms with E-state index in [2.05, 4.69) is 15.0 Å². The predicted octanol–water partition coefficient (Wildman–Crippen LogP) is 1.92. The normalized spacial score (nSPS) is 22.4. The number of carbonyl (C=O) groups excluding carboxylic acids is 1. The van der Waals surface area contributed by atoms with Crippen LogP contribution >= 0.6 is 0 Å². The molecule has 0 fully saturated rings. The molecule has 0 aliphatic carbocycles. The molecule has 7 nitrogen and oxygen atoms in total. The number of sulfonamides is 1. The zero-order valence-corrected chi connectivity index (χ0v) is 16.5. The highest BCUT2D eigenvalue weighted by molar-refractivity contribution is 7.90. The number of amidine groups is 1. The van der Waals surface area contributed by atoms with Crippen LogP contribution in [0.3, 0.4) is 0 Å². The molecule has 3 aliphatic heterocycles. The topological polar surface area (TPSA) is 75.0 Å². The second-order valence-corrected chi connectivity index (χ2v) is 9.04. The van der Waals surface area contributed by atoms with E-state index in [-0.39, 0.29) is 17.7 Å². The zero-order chi connectivity index (χ0) is 20.0. The number of rotatable bonds is 2. The number of aromatic nitrogens is 1. The molecule has 4 heterocycles. The number of nitrogens with zero attached hydrogens (tertiary/aromatic N) is 4. The van der Waals surface area contributed by atoms with Gasteiger partial charge in [-0.05, 0) is 29.8 Å². The van der Waals surface area contributed by atoms with Crippen molar-refractivity contribution in [1.29, 1.82) is 0 Å². The number of carbonyl (C=O) groups is 1. The molecule has 29 heavy (non-hydrogen) atoms. The summed E-state index contributed by atoms with van der Waals surface area (Å²) in [7, 11) is -3.42. The smallest absolute Gasteiger partial charge is 0.256 e. The van der Waals surface area contributed by atoms with Gasteiger partial charge in [0.15, 0.2) is 0 Å². The summed E-state index contributed by atoms with van der Waals surface area (Å²) in [5, 5.41) is 0. The molecule has 1 aromatic carbocycles. The van der Waals surface area contributed by atoms with Crippen molar-refractivity contribution in [1.82, 2.24) is 14.4 Å². The molecule has 1 unspecified atom stereocenters. The molecule has 0 bridgehead atoms. The van der Waals surface area contributed by atoms with Crippen LogP contribution in [-0.4, -0.2) is 53.4 Å². The van der Waals surface area contributed by atoms with Crippen molar-refractivity contribution in [2.45, 2.75) is 12.6 Å².